The van der Waals surface area contributed by atoms with Crippen LogP contribution >= 0.6 is 0 Å². The average Bonchev–Trinajstić information content (AvgIpc) is 2.75. The van der Waals surface area contributed by atoms with Crippen molar-refractivity contribution in [1.29, 1.82) is 0 Å². The van der Waals surface area contributed by atoms with Gasteiger partial charge in [-0.3, -0.25) is 9.59 Å². The molecule has 0 fully saturated rings. The van der Waals surface area contributed by atoms with Crippen molar-refractivity contribution in [3.63, 3.8) is 0 Å². The minimum Gasteiger partial charge on any atom is -0.444 e. The van der Waals surface area contributed by atoms with Crippen molar-refractivity contribution in [1.82, 2.24) is 15.5 Å². The fourth-order valence-electron chi connectivity index (χ4n) is 4.26. The quantitative estimate of drug-likeness (QED) is 0.352. The van der Waals surface area contributed by atoms with Gasteiger partial charge in [0.15, 0.2) is 0 Å². The molecule has 1 aromatic rings. The molecule has 3 unspecified atom stereocenters. The summed E-state index contributed by atoms with van der Waals surface area (Å²) >= 11 is 0. The molecule has 0 aromatic heterocycles. The fourth-order valence-corrected chi connectivity index (χ4v) is 4.26. The Bertz CT molecular complexity index is 856. The number of aryl methyl sites for hydroxylation is 2. The van der Waals surface area contributed by atoms with Gasteiger partial charge >= 0.3 is 6.09 Å². The van der Waals surface area contributed by atoms with Crippen molar-refractivity contribution < 1.29 is 19.1 Å². The Labute approximate surface area is 218 Å². The van der Waals surface area contributed by atoms with Crippen LogP contribution < -0.4 is 10.6 Å². The molecule has 0 saturated heterocycles. The Morgan fingerprint density at radius 3 is 2.08 bits per heavy atom. The zero-order valence-corrected chi connectivity index (χ0v) is 24.2. The Hall–Kier alpha value is -2.57. The lowest BCUT2D eigenvalue weighted by molar-refractivity contribution is -0.145. The largest absolute Gasteiger partial charge is 0.444 e. The van der Waals surface area contributed by atoms with Crippen LogP contribution in [0.15, 0.2) is 18.2 Å². The summed E-state index contributed by atoms with van der Waals surface area (Å²) in [7, 11) is 0. The monoisotopic (exact) mass is 503 g/mol. The van der Waals surface area contributed by atoms with Gasteiger partial charge in [0.2, 0.25) is 11.8 Å². The third kappa shape index (κ3) is 9.47. The van der Waals surface area contributed by atoms with Crippen LogP contribution in [0.5, 0.6) is 0 Å². The van der Waals surface area contributed by atoms with Crippen LogP contribution in [0.3, 0.4) is 0 Å². The number of ether oxygens (including phenoxy) is 1. The molecule has 204 valence electrons. The molecule has 7 heteroatoms. The number of amides is 3. The topological polar surface area (TPSA) is 87.7 Å². The number of rotatable bonds is 12. The summed E-state index contributed by atoms with van der Waals surface area (Å²) in [5, 5.41) is 5.86. The first-order chi connectivity index (χ1) is 16.7. The Balaban J connectivity index is 3.59. The van der Waals surface area contributed by atoms with E-state index in [2.05, 4.69) is 17.6 Å². The molecule has 0 aliphatic heterocycles. The summed E-state index contributed by atoms with van der Waals surface area (Å²) < 4.78 is 5.46. The first kappa shape index (κ1) is 31.5. The van der Waals surface area contributed by atoms with Crippen molar-refractivity contribution in [2.75, 3.05) is 6.54 Å². The molecule has 0 spiro atoms. The van der Waals surface area contributed by atoms with Gasteiger partial charge in [-0.2, -0.15) is 0 Å². The third-order valence-electron chi connectivity index (χ3n) is 6.19. The molecular formula is C29H49N3O4. The maximum absolute atomic E-state index is 14.2. The minimum absolute atomic E-state index is 0.143. The Morgan fingerprint density at radius 1 is 1.03 bits per heavy atom. The number of hydrogen-bond acceptors (Lipinski definition) is 4. The van der Waals surface area contributed by atoms with Crippen molar-refractivity contribution >= 4 is 17.9 Å². The number of nitrogens with zero attached hydrogens (tertiary/aromatic N) is 1. The van der Waals surface area contributed by atoms with Gasteiger partial charge in [0.1, 0.15) is 17.7 Å². The van der Waals surface area contributed by atoms with Crippen molar-refractivity contribution in [2.45, 2.75) is 119 Å². The van der Waals surface area contributed by atoms with Gasteiger partial charge in [0.25, 0.3) is 0 Å². The zero-order valence-electron chi connectivity index (χ0n) is 24.2. The first-order valence-electron chi connectivity index (χ1n) is 13.4. The predicted molar refractivity (Wildman–Crippen MR) is 146 cm³/mol. The maximum Gasteiger partial charge on any atom is 0.408 e. The maximum atomic E-state index is 14.2. The molecule has 0 aliphatic rings. The Kier molecular flexibility index (Phi) is 12.4. The van der Waals surface area contributed by atoms with Gasteiger partial charge in [-0.15, -0.1) is 0 Å². The number of carbonyl (C=O) groups is 3. The summed E-state index contributed by atoms with van der Waals surface area (Å²) in [4.78, 5) is 42.3. The highest BCUT2D eigenvalue weighted by atomic mass is 16.6. The van der Waals surface area contributed by atoms with Gasteiger partial charge in [-0.05, 0) is 83.4 Å². The molecule has 7 nitrogen and oxygen atoms in total. The molecular weight excluding hydrogens is 454 g/mol. The molecule has 2 N–H and O–H groups in total. The normalized spacial score (nSPS) is 14.1. The standard InChI is InChI=1S/C29H49N3O4/c1-11-13-17-30-26(33)25(24-20(5)15-14-16-21(24)6)32(22(7)12-2)27(34)23(18-19(3)4)31-28(35)36-29(8,9)10/h14-16,19,22-23,25H,11-13,17-18H2,1-10H3,(H,30,33)(H,31,35). The predicted octanol–water partition coefficient (Wildman–Crippen LogP) is 5.83. The summed E-state index contributed by atoms with van der Waals surface area (Å²) in [6.45, 7) is 19.9. The van der Waals surface area contributed by atoms with Crippen LogP contribution in [0, 0.1) is 19.8 Å². The number of unbranched alkanes of at least 4 members (excludes halogenated alkanes) is 1. The summed E-state index contributed by atoms with van der Waals surface area (Å²) in [6, 6.07) is 4.05. The number of carbonyl (C=O) groups excluding carboxylic acids is 3. The van der Waals surface area contributed by atoms with E-state index in [0.717, 1.165) is 29.5 Å². The van der Waals surface area contributed by atoms with E-state index in [1.165, 1.54) is 0 Å². The summed E-state index contributed by atoms with van der Waals surface area (Å²) in [6.07, 6.45) is 2.27. The van der Waals surface area contributed by atoms with Gasteiger partial charge in [-0.1, -0.05) is 52.3 Å². The highest BCUT2D eigenvalue weighted by Crippen LogP contribution is 2.31. The molecule has 36 heavy (non-hydrogen) atoms. The highest BCUT2D eigenvalue weighted by molar-refractivity contribution is 5.92. The van der Waals surface area contributed by atoms with E-state index in [0.29, 0.717) is 19.4 Å². The van der Waals surface area contributed by atoms with E-state index in [9.17, 15) is 14.4 Å². The molecule has 3 atom stereocenters. The number of benzene rings is 1. The van der Waals surface area contributed by atoms with E-state index in [1.807, 2.05) is 59.7 Å². The first-order valence-corrected chi connectivity index (χ1v) is 13.4. The second-order valence-electron chi connectivity index (χ2n) is 11.2. The van der Waals surface area contributed by atoms with Crippen LogP contribution in [0.2, 0.25) is 0 Å². The van der Waals surface area contributed by atoms with Gasteiger partial charge in [0.05, 0.1) is 0 Å². The lowest BCUT2D eigenvalue weighted by Gasteiger charge is -2.39. The van der Waals surface area contributed by atoms with Crippen molar-refractivity contribution in [3.05, 3.63) is 34.9 Å². The SMILES string of the molecule is CCCCNC(=O)C(c1c(C)cccc1C)N(C(=O)C(CC(C)C)NC(=O)OC(C)(C)C)C(C)CC. The minimum atomic E-state index is -0.816. The van der Waals surface area contributed by atoms with E-state index >= 15 is 0 Å². The summed E-state index contributed by atoms with van der Waals surface area (Å²) in [5.74, 6) is -0.332. The molecule has 0 saturated carbocycles. The van der Waals surface area contributed by atoms with E-state index in [-0.39, 0.29) is 23.8 Å². The highest BCUT2D eigenvalue weighted by Gasteiger charge is 2.39. The fraction of sp³-hybridized carbons (Fsp3) is 0.690. The second-order valence-corrected chi connectivity index (χ2v) is 11.2. The zero-order chi connectivity index (χ0) is 27.6. The molecule has 0 heterocycles. The van der Waals surface area contributed by atoms with Crippen LogP contribution in [0.1, 0.15) is 104 Å². The number of alkyl carbamates (subject to hydrolysis) is 1. The molecule has 0 bridgehead atoms. The molecule has 0 radical (unpaired) electrons. The van der Waals surface area contributed by atoms with Crippen LogP contribution in [0.25, 0.3) is 0 Å². The van der Waals surface area contributed by atoms with Crippen molar-refractivity contribution in [3.8, 4) is 0 Å². The number of hydrogen-bond donors (Lipinski definition) is 2. The molecule has 1 aromatic carbocycles. The molecule has 1 rings (SSSR count). The van der Waals surface area contributed by atoms with Crippen LogP contribution in [-0.4, -0.2) is 47.0 Å². The van der Waals surface area contributed by atoms with Crippen LogP contribution in [0.4, 0.5) is 4.79 Å². The van der Waals surface area contributed by atoms with Crippen molar-refractivity contribution in [2.24, 2.45) is 5.92 Å². The van der Waals surface area contributed by atoms with Gasteiger partial charge in [-0.25, -0.2) is 4.79 Å². The molecule has 0 aliphatic carbocycles. The summed E-state index contributed by atoms with van der Waals surface area (Å²) in [5.41, 5.74) is 2.05. The number of nitrogens with one attached hydrogen (secondary N) is 2. The lowest BCUT2D eigenvalue weighted by Crippen LogP contribution is -2.56. The van der Waals surface area contributed by atoms with E-state index in [1.54, 1.807) is 25.7 Å². The molecule has 3 amide bonds. The van der Waals surface area contributed by atoms with E-state index in [4.69, 9.17) is 4.74 Å². The third-order valence-corrected chi connectivity index (χ3v) is 6.19. The average molecular weight is 504 g/mol. The van der Waals surface area contributed by atoms with Crippen LogP contribution in [-0.2, 0) is 14.3 Å². The van der Waals surface area contributed by atoms with Gasteiger partial charge in [0, 0.05) is 12.6 Å². The van der Waals surface area contributed by atoms with Gasteiger partial charge < -0.3 is 20.3 Å². The van der Waals surface area contributed by atoms with E-state index < -0.39 is 23.8 Å². The second kappa shape index (κ2) is 14.2. The lowest BCUT2D eigenvalue weighted by atomic mass is 9.91. The Morgan fingerprint density at radius 2 is 1.61 bits per heavy atom. The smallest absolute Gasteiger partial charge is 0.408 e.